The molecule has 1 aliphatic heterocycles. The third-order valence-corrected chi connectivity index (χ3v) is 3.02. The highest BCUT2D eigenvalue weighted by molar-refractivity contribution is 7.64. The van der Waals surface area contributed by atoms with E-state index in [-0.39, 0.29) is 0 Å². The number of para-hydroxylation sites is 1. The van der Waals surface area contributed by atoms with Crippen LogP contribution in [-0.2, 0) is 11.1 Å². The van der Waals surface area contributed by atoms with Crippen LogP contribution >= 0.6 is 7.34 Å². The molecule has 0 N–H and O–H groups in total. The lowest BCUT2D eigenvalue weighted by atomic mass is 10.2. The van der Waals surface area contributed by atoms with Gasteiger partial charge in [0, 0.05) is 12.2 Å². The van der Waals surface area contributed by atoms with E-state index in [0.29, 0.717) is 6.61 Å². The largest absolute Gasteiger partial charge is 0.453 e. The van der Waals surface area contributed by atoms with Crippen LogP contribution in [0.25, 0.3) is 0 Å². The maximum Gasteiger partial charge on any atom is 0.164 e. The Hall–Kier alpha value is -0.720. The van der Waals surface area contributed by atoms with Crippen LogP contribution in [0, 0.1) is 0 Å². The van der Waals surface area contributed by atoms with E-state index in [4.69, 9.17) is 9.05 Å². The number of hydrogen-bond donors (Lipinski definition) is 0. The fourth-order valence-electron chi connectivity index (χ4n) is 1.15. The predicted molar refractivity (Wildman–Crippen MR) is 51.8 cm³/mol. The molecule has 0 saturated heterocycles. The molecule has 64 valence electrons. The molecule has 0 bridgehead atoms. The second-order valence-corrected chi connectivity index (χ2v) is 5.46. The summed E-state index contributed by atoms with van der Waals surface area (Å²) in [5.41, 5.74) is 1.11. The second kappa shape index (κ2) is 2.65. The molecule has 0 radical (unpaired) electrons. The summed E-state index contributed by atoms with van der Waals surface area (Å²) in [6.07, 6.45) is 3.89. The standard InChI is InChI=1S/C9H11O2P/c1-12(2)10-7-8-5-3-4-6-9(8)11-12/h3-6H,1,7H2,2H3. The summed E-state index contributed by atoms with van der Waals surface area (Å²) in [6.45, 7) is 2.55. The molecule has 2 nitrogen and oxygen atoms in total. The van der Waals surface area contributed by atoms with E-state index in [1.807, 2.05) is 30.9 Å². The average molecular weight is 182 g/mol. The van der Waals surface area contributed by atoms with Gasteiger partial charge in [-0.1, -0.05) is 18.2 Å². The van der Waals surface area contributed by atoms with Gasteiger partial charge in [-0.05, 0) is 12.4 Å². The zero-order chi connectivity index (χ0) is 8.60. The zero-order valence-electron chi connectivity index (χ0n) is 6.99. The van der Waals surface area contributed by atoms with E-state index >= 15 is 0 Å². The molecular formula is C9H11O2P. The van der Waals surface area contributed by atoms with Crippen LogP contribution in [0.4, 0.5) is 0 Å². The monoisotopic (exact) mass is 182 g/mol. The molecule has 1 unspecified atom stereocenters. The first-order valence-corrected chi connectivity index (χ1v) is 6.06. The summed E-state index contributed by atoms with van der Waals surface area (Å²) in [4.78, 5) is 0. The Kier molecular flexibility index (Phi) is 1.75. The molecule has 1 aliphatic rings. The van der Waals surface area contributed by atoms with Crippen LogP contribution in [0.1, 0.15) is 5.56 Å². The van der Waals surface area contributed by atoms with Crippen LogP contribution in [0.3, 0.4) is 0 Å². The summed E-state index contributed by atoms with van der Waals surface area (Å²) < 4.78 is 11.1. The van der Waals surface area contributed by atoms with Crippen molar-refractivity contribution in [3.05, 3.63) is 29.8 Å². The summed E-state index contributed by atoms with van der Waals surface area (Å²) in [6, 6.07) is 7.91. The molecule has 12 heavy (non-hydrogen) atoms. The Balaban J connectivity index is 2.42. The van der Waals surface area contributed by atoms with E-state index in [9.17, 15) is 0 Å². The quantitative estimate of drug-likeness (QED) is 0.574. The van der Waals surface area contributed by atoms with E-state index in [1.165, 1.54) is 0 Å². The lowest BCUT2D eigenvalue weighted by Gasteiger charge is -2.27. The van der Waals surface area contributed by atoms with Crippen molar-refractivity contribution >= 4 is 13.6 Å². The highest BCUT2D eigenvalue weighted by Crippen LogP contribution is 2.49. The topological polar surface area (TPSA) is 18.5 Å². The zero-order valence-corrected chi connectivity index (χ0v) is 7.88. The normalized spacial score (nSPS) is 27.4. The van der Waals surface area contributed by atoms with Crippen molar-refractivity contribution in [2.45, 2.75) is 6.61 Å². The van der Waals surface area contributed by atoms with Gasteiger partial charge in [-0.15, -0.1) is 0 Å². The molecule has 1 atom stereocenters. The lowest BCUT2D eigenvalue weighted by Crippen LogP contribution is -2.05. The summed E-state index contributed by atoms with van der Waals surface area (Å²) in [7, 11) is -1.82. The molecule has 0 aromatic heterocycles. The Bertz CT molecular complexity index is 346. The van der Waals surface area contributed by atoms with Crippen molar-refractivity contribution in [2.24, 2.45) is 0 Å². The Labute approximate surface area is 72.3 Å². The molecule has 2 rings (SSSR count). The van der Waals surface area contributed by atoms with Gasteiger partial charge >= 0.3 is 0 Å². The molecular weight excluding hydrogens is 171 g/mol. The van der Waals surface area contributed by atoms with Crippen LogP contribution in [0.2, 0.25) is 0 Å². The molecule has 0 fully saturated rings. The smallest absolute Gasteiger partial charge is 0.164 e. The highest BCUT2D eigenvalue weighted by Gasteiger charge is 2.18. The number of rotatable bonds is 0. The highest BCUT2D eigenvalue weighted by atomic mass is 31.2. The summed E-state index contributed by atoms with van der Waals surface area (Å²) in [5, 5.41) is 0. The van der Waals surface area contributed by atoms with Gasteiger partial charge in [0.15, 0.2) is 7.34 Å². The molecule has 0 amide bonds. The molecule has 3 heteroatoms. The maximum absolute atomic E-state index is 5.60. The van der Waals surface area contributed by atoms with Gasteiger partial charge in [-0.2, -0.15) is 0 Å². The first kappa shape index (κ1) is 7.90. The van der Waals surface area contributed by atoms with Gasteiger partial charge in [0.2, 0.25) is 0 Å². The third-order valence-electron chi connectivity index (χ3n) is 1.76. The Morgan fingerprint density at radius 3 is 3.00 bits per heavy atom. The Morgan fingerprint density at radius 2 is 2.17 bits per heavy atom. The molecule has 0 saturated carbocycles. The van der Waals surface area contributed by atoms with E-state index in [0.717, 1.165) is 11.3 Å². The van der Waals surface area contributed by atoms with Crippen molar-refractivity contribution in [3.63, 3.8) is 0 Å². The second-order valence-electron chi connectivity index (χ2n) is 2.99. The van der Waals surface area contributed by atoms with Crippen molar-refractivity contribution in [3.8, 4) is 5.75 Å². The first-order valence-electron chi connectivity index (χ1n) is 3.80. The van der Waals surface area contributed by atoms with E-state index < -0.39 is 7.34 Å². The van der Waals surface area contributed by atoms with Gasteiger partial charge in [-0.3, -0.25) is 0 Å². The van der Waals surface area contributed by atoms with Gasteiger partial charge in [0.05, 0.1) is 6.61 Å². The lowest BCUT2D eigenvalue weighted by molar-refractivity contribution is 0.277. The third kappa shape index (κ3) is 1.40. The minimum absolute atomic E-state index is 0.629. The van der Waals surface area contributed by atoms with Crippen molar-refractivity contribution in [1.29, 1.82) is 0 Å². The van der Waals surface area contributed by atoms with Gasteiger partial charge in [-0.25, -0.2) is 0 Å². The fraction of sp³-hybridized carbons (Fsp3) is 0.222. The van der Waals surface area contributed by atoms with Gasteiger partial charge in [0.25, 0.3) is 0 Å². The number of hydrogen-bond acceptors (Lipinski definition) is 2. The number of fused-ring (bicyclic) bond motifs is 1. The van der Waals surface area contributed by atoms with Crippen LogP contribution in [-0.4, -0.2) is 13.0 Å². The molecule has 0 aliphatic carbocycles. The van der Waals surface area contributed by atoms with E-state index in [1.54, 1.807) is 0 Å². The first-order chi connectivity index (χ1) is 5.67. The van der Waals surface area contributed by atoms with Crippen LogP contribution < -0.4 is 4.52 Å². The summed E-state index contributed by atoms with van der Waals surface area (Å²) in [5.74, 6) is 0.926. The molecule has 1 aromatic carbocycles. The minimum atomic E-state index is -1.82. The van der Waals surface area contributed by atoms with Gasteiger partial charge in [0.1, 0.15) is 5.75 Å². The SMILES string of the molecule is C=P1(C)OCc2ccccc2O1. The van der Waals surface area contributed by atoms with Crippen molar-refractivity contribution in [2.75, 3.05) is 6.66 Å². The van der Waals surface area contributed by atoms with Crippen molar-refractivity contribution < 1.29 is 9.05 Å². The molecule has 0 spiro atoms. The maximum atomic E-state index is 5.60. The average Bonchev–Trinajstić information content (AvgIpc) is 2.02. The number of benzene rings is 1. The molecule has 1 aromatic rings. The predicted octanol–water partition coefficient (Wildman–Crippen LogP) is 2.51. The van der Waals surface area contributed by atoms with Crippen LogP contribution in [0.15, 0.2) is 24.3 Å². The van der Waals surface area contributed by atoms with Gasteiger partial charge < -0.3 is 9.05 Å². The van der Waals surface area contributed by atoms with Crippen molar-refractivity contribution in [1.82, 2.24) is 0 Å². The summed E-state index contributed by atoms with van der Waals surface area (Å²) >= 11 is 0. The van der Waals surface area contributed by atoms with E-state index in [2.05, 4.69) is 6.30 Å². The molecule has 1 heterocycles. The Morgan fingerprint density at radius 1 is 1.42 bits per heavy atom. The minimum Gasteiger partial charge on any atom is -0.453 e. The van der Waals surface area contributed by atoms with Crippen LogP contribution in [0.5, 0.6) is 5.75 Å². The fourth-order valence-corrected chi connectivity index (χ4v) is 2.21.